The quantitative estimate of drug-likeness (QED) is 0.663. The predicted molar refractivity (Wildman–Crippen MR) is 93.9 cm³/mol. The third-order valence-corrected chi connectivity index (χ3v) is 4.44. The Morgan fingerprint density at radius 3 is 2.52 bits per heavy atom. The number of pyridine rings is 1. The summed E-state index contributed by atoms with van der Waals surface area (Å²) in [6, 6.07) is 9.66. The molecule has 150 valence electrons. The molecule has 1 unspecified atom stereocenters. The molecule has 1 aliphatic rings. The van der Waals surface area contributed by atoms with Crippen LogP contribution in [0.2, 0.25) is 0 Å². The molecule has 1 atom stereocenters. The summed E-state index contributed by atoms with van der Waals surface area (Å²) in [7, 11) is 0. The fourth-order valence-electron chi connectivity index (χ4n) is 3.02. The average Bonchev–Trinajstić information content (AvgIpc) is 3.38. The third-order valence-electron chi connectivity index (χ3n) is 4.44. The van der Waals surface area contributed by atoms with Crippen molar-refractivity contribution in [3.63, 3.8) is 0 Å². The lowest BCUT2D eigenvalue weighted by Crippen LogP contribution is -2.30. The highest BCUT2D eigenvalue weighted by Gasteiger charge is 2.38. The van der Waals surface area contributed by atoms with Crippen LogP contribution in [0.3, 0.4) is 0 Å². The minimum atomic E-state index is -4.68. The highest BCUT2D eigenvalue weighted by Crippen LogP contribution is 2.30. The van der Waals surface area contributed by atoms with E-state index in [1.807, 2.05) is 0 Å². The molecule has 1 fully saturated rings. The van der Waals surface area contributed by atoms with Crippen LogP contribution < -0.4 is 4.74 Å². The Kier molecular flexibility index (Phi) is 4.91. The molecule has 2 aromatic heterocycles. The van der Waals surface area contributed by atoms with E-state index in [0.29, 0.717) is 36.4 Å². The number of ether oxygens (including phenoxy) is 1. The van der Waals surface area contributed by atoms with E-state index in [0.717, 1.165) is 0 Å². The van der Waals surface area contributed by atoms with E-state index in [2.05, 4.69) is 19.6 Å². The SMILES string of the molecule is O=C(c1ccncc1)N1CCC(Oc2ccc(-c3noc(C(F)(F)F)n3)cc2)C1. The van der Waals surface area contributed by atoms with E-state index < -0.39 is 12.1 Å². The second kappa shape index (κ2) is 7.53. The molecule has 29 heavy (non-hydrogen) atoms. The standard InChI is InChI=1S/C19H15F3N4O3/c20-19(21,22)18-24-16(25-29-18)12-1-3-14(4-2-12)28-15-7-10-26(11-15)17(27)13-5-8-23-9-6-13/h1-6,8-9,15H,7,10-11H2. The summed E-state index contributed by atoms with van der Waals surface area (Å²) in [6.07, 6.45) is -1.04. The van der Waals surface area contributed by atoms with Crippen molar-refractivity contribution in [3.05, 3.63) is 60.2 Å². The molecule has 0 radical (unpaired) electrons. The molecule has 1 amide bonds. The smallest absolute Gasteiger partial charge is 0.471 e. The lowest BCUT2D eigenvalue weighted by Gasteiger charge is -2.17. The Balaban J connectivity index is 1.37. The van der Waals surface area contributed by atoms with E-state index in [9.17, 15) is 18.0 Å². The van der Waals surface area contributed by atoms with Gasteiger partial charge in [-0.3, -0.25) is 9.78 Å². The van der Waals surface area contributed by atoms with Crippen LogP contribution >= 0.6 is 0 Å². The lowest BCUT2D eigenvalue weighted by molar-refractivity contribution is -0.159. The molecule has 0 N–H and O–H groups in total. The highest BCUT2D eigenvalue weighted by molar-refractivity contribution is 5.94. The van der Waals surface area contributed by atoms with E-state index in [-0.39, 0.29) is 17.8 Å². The molecule has 0 bridgehead atoms. The normalized spacial score (nSPS) is 16.8. The first kappa shape index (κ1) is 18.9. The summed E-state index contributed by atoms with van der Waals surface area (Å²) in [5.41, 5.74) is 0.945. The molecule has 0 spiro atoms. The number of aromatic nitrogens is 3. The molecule has 3 aromatic rings. The van der Waals surface area contributed by atoms with Gasteiger partial charge in [0.2, 0.25) is 5.82 Å². The van der Waals surface area contributed by atoms with Gasteiger partial charge in [0.25, 0.3) is 5.91 Å². The van der Waals surface area contributed by atoms with Crippen LogP contribution in [0.1, 0.15) is 22.7 Å². The zero-order chi connectivity index (χ0) is 20.4. The van der Waals surface area contributed by atoms with Gasteiger partial charge in [-0.15, -0.1) is 0 Å². The van der Waals surface area contributed by atoms with Gasteiger partial charge in [-0.1, -0.05) is 5.16 Å². The maximum Gasteiger partial charge on any atom is 0.471 e. The van der Waals surface area contributed by atoms with Gasteiger partial charge < -0.3 is 14.2 Å². The van der Waals surface area contributed by atoms with Gasteiger partial charge in [-0.2, -0.15) is 18.2 Å². The van der Waals surface area contributed by atoms with Crippen molar-refractivity contribution in [2.24, 2.45) is 0 Å². The van der Waals surface area contributed by atoms with Gasteiger partial charge in [0, 0.05) is 36.5 Å². The summed E-state index contributed by atoms with van der Waals surface area (Å²) >= 11 is 0. The van der Waals surface area contributed by atoms with Crippen LogP contribution in [0.5, 0.6) is 5.75 Å². The minimum Gasteiger partial charge on any atom is -0.489 e. The fourth-order valence-corrected chi connectivity index (χ4v) is 3.02. The van der Waals surface area contributed by atoms with Gasteiger partial charge >= 0.3 is 12.1 Å². The molecule has 1 aliphatic heterocycles. The Bertz CT molecular complexity index is 990. The first-order valence-corrected chi connectivity index (χ1v) is 8.77. The maximum atomic E-state index is 12.6. The van der Waals surface area contributed by atoms with Gasteiger partial charge in [0.15, 0.2) is 0 Å². The zero-order valence-electron chi connectivity index (χ0n) is 15.0. The van der Waals surface area contributed by atoms with Crippen LogP contribution in [0.15, 0.2) is 53.3 Å². The van der Waals surface area contributed by atoms with Crippen molar-refractivity contribution in [1.82, 2.24) is 20.0 Å². The topological polar surface area (TPSA) is 81.4 Å². The van der Waals surface area contributed by atoms with E-state index in [1.165, 1.54) is 0 Å². The van der Waals surface area contributed by atoms with Crippen LogP contribution in [-0.4, -0.2) is 45.1 Å². The molecule has 1 aromatic carbocycles. The van der Waals surface area contributed by atoms with Crippen molar-refractivity contribution >= 4 is 5.91 Å². The van der Waals surface area contributed by atoms with Crippen molar-refractivity contribution in [2.75, 3.05) is 13.1 Å². The third kappa shape index (κ3) is 4.20. The number of benzene rings is 1. The Morgan fingerprint density at radius 1 is 1.14 bits per heavy atom. The van der Waals surface area contributed by atoms with Gasteiger partial charge in [0.05, 0.1) is 6.54 Å². The molecule has 0 saturated carbocycles. The maximum absolute atomic E-state index is 12.6. The number of alkyl halides is 3. The first-order valence-electron chi connectivity index (χ1n) is 8.77. The zero-order valence-corrected chi connectivity index (χ0v) is 15.0. The van der Waals surface area contributed by atoms with Gasteiger partial charge in [-0.25, -0.2) is 0 Å². The number of carbonyl (C=O) groups excluding carboxylic acids is 1. The number of nitrogens with zero attached hydrogens (tertiary/aromatic N) is 4. The second-order valence-corrected chi connectivity index (χ2v) is 6.46. The molecule has 4 rings (SSSR count). The summed E-state index contributed by atoms with van der Waals surface area (Å²) in [6.45, 7) is 1.02. The number of halogens is 3. The summed E-state index contributed by atoms with van der Waals surface area (Å²) < 4.78 is 47.8. The van der Waals surface area contributed by atoms with Gasteiger partial charge in [0.1, 0.15) is 11.9 Å². The molecule has 10 heteroatoms. The van der Waals surface area contributed by atoms with Crippen molar-refractivity contribution in [1.29, 1.82) is 0 Å². The molecular weight excluding hydrogens is 389 g/mol. The van der Waals surface area contributed by atoms with Crippen LogP contribution in [-0.2, 0) is 6.18 Å². The van der Waals surface area contributed by atoms with Crippen LogP contribution in [0.4, 0.5) is 13.2 Å². The highest BCUT2D eigenvalue weighted by atomic mass is 19.4. The summed E-state index contributed by atoms with van der Waals surface area (Å²) in [4.78, 5) is 21.4. The number of amides is 1. The molecule has 7 nitrogen and oxygen atoms in total. The van der Waals surface area contributed by atoms with E-state index in [1.54, 1.807) is 53.7 Å². The number of likely N-dealkylation sites (tertiary alicyclic amines) is 1. The first-order chi connectivity index (χ1) is 13.9. The molecule has 0 aliphatic carbocycles. The number of hydrogen-bond acceptors (Lipinski definition) is 6. The van der Waals surface area contributed by atoms with E-state index in [4.69, 9.17) is 4.74 Å². The number of carbonyl (C=O) groups is 1. The average molecular weight is 404 g/mol. The van der Waals surface area contributed by atoms with E-state index >= 15 is 0 Å². The Morgan fingerprint density at radius 2 is 1.86 bits per heavy atom. The van der Waals surface area contributed by atoms with Crippen molar-refractivity contribution < 1.29 is 27.2 Å². The van der Waals surface area contributed by atoms with Crippen molar-refractivity contribution in [3.8, 4) is 17.1 Å². The Labute approximate surface area is 163 Å². The number of rotatable bonds is 4. The lowest BCUT2D eigenvalue weighted by atomic mass is 10.2. The van der Waals surface area contributed by atoms with Gasteiger partial charge in [-0.05, 0) is 36.4 Å². The minimum absolute atomic E-state index is 0.0774. The van der Waals surface area contributed by atoms with Crippen molar-refractivity contribution in [2.45, 2.75) is 18.7 Å². The summed E-state index contributed by atoms with van der Waals surface area (Å²) in [5, 5.41) is 3.35. The number of hydrogen-bond donors (Lipinski definition) is 0. The largest absolute Gasteiger partial charge is 0.489 e. The predicted octanol–water partition coefficient (Wildman–Crippen LogP) is 3.44. The molecular formula is C19H15F3N4O3. The second-order valence-electron chi connectivity index (χ2n) is 6.46. The Hall–Kier alpha value is -3.43. The van der Waals surface area contributed by atoms with Crippen LogP contribution in [0, 0.1) is 0 Å². The monoisotopic (exact) mass is 404 g/mol. The molecule has 3 heterocycles. The molecule has 1 saturated heterocycles. The fraction of sp³-hybridized carbons (Fsp3) is 0.263. The summed E-state index contributed by atoms with van der Waals surface area (Å²) in [5.74, 6) is -1.08. The van der Waals surface area contributed by atoms with Crippen LogP contribution in [0.25, 0.3) is 11.4 Å².